The SMILES string of the molecule is O=S(=O)(NCCNc1nccc(-c2c(-c3ccccc3)nc3sccn23)n1)c1ccc(F)cc1. The maximum atomic E-state index is 13.0. The Morgan fingerprint density at radius 3 is 2.56 bits per heavy atom. The van der Waals surface area contributed by atoms with Gasteiger partial charge >= 0.3 is 0 Å². The van der Waals surface area contributed by atoms with Crippen LogP contribution in [0.5, 0.6) is 0 Å². The highest BCUT2D eigenvalue weighted by atomic mass is 32.2. The van der Waals surface area contributed by atoms with Crippen LogP contribution in [0, 0.1) is 5.82 Å². The molecule has 0 fully saturated rings. The van der Waals surface area contributed by atoms with E-state index in [-0.39, 0.29) is 18.0 Å². The van der Waals surface area contributed by atoms with Crippen molar-refractivity contribution in [1.82, 2.24) is 24.1 Å². The van der Waals surface area contributed by atoms with Crippen molar-refractivity contribution in [3.63, 3.8) is 0 Å². The number of benzene rings is 2. The molecule has 0 aliphatic rings. The predicted octanol–water partition coefficient (Wildman–Crippen LogP) is 4.05. The summed E-state index contributed by atoms with van der Waals surface area (Å²) in [5, 5.41) is 5.01. The average molecular weight is 495 g/mol. The van der Waals surface area contributed by atoms with Crippen molar-refractivity contribution >= 4 is 32.3 Å². The Morgan fingerprint density at radius 1 is 0.971 bits per heavy atom. The zero-order valence-corrected chi connectivity index (χ0v) is 19.4. The molecule has 34 heavy (non-hydrogen) atoms. The van der Waals surface area contributed by atoms with E-state index in [0.717, 1.165) is 34.0 Å². The molecule has 0 aliphatic heterocycles. The van der Waals surface area contributed by atoms with Crippen LogP contribution in [0.1, 0.15) is 0 Å². The number of imidazole rings is 1. The molecule has 0 saturated carbocycles. The summed E-state index contributed by atoms with van der Waals surface area (Å²) in [5.41, 5.74) is 3.35. The van der Waals surface area contributed by atoms with Crippen LogP contribution in [0.15, 0.2) is 83.3 Å². The van der Waals surface area contributed by atoms with Gasteiger partial charge in [-0.3, -0.25) is 4.40 Å². The van der Waals surface area contributed by atoms with Gasteiger partial charge in [-0.05, 0) is 30.3 Å². The minimum absolute atomic E-state index is 0.00102. The van der Waals surface area contributed by atoms with Crippen LogP contribution in [0.25, 0.3) is 27.6 Å². The number of sulfonamides is 1. The van der Waals surface area contributed by atoms with Crippen LogP contribution in [0.4, 0.5) is 10.3 Å². The van der Waals surface area contributed by atoms with Gasteiger partial charge < -0.3 is 5.32 Å². The van der Waals surface area contributed by atoms with E-state index >= 15 is 0 Å². The van der Waals surface area contributed by atoms with Crippen LogP contribution >= 0.6 is 11.3 Å². The molecule has 0 atom stereocenters. The molecule has 3 aromatic heterocycles. The summed E-state index contributed by atoms with van der Waals surface area (Å²) in [6, 6.07) is 16.4. The molecular formula is C23H19FN6O2S2. The summed E-state index contributed by atoms with van der Waals surface area (Å²) in [6.45, 7) is 0.361. The number of aromatic nitrogens is 4. The van der Waals surface area contributed by atoms with Crippen molar-refractivity contribution in [3.8, 4) is 22.6 Å². The standard InChI is InChI=1S/C23H19FN6O2S2/c24-17-6-8-18(9-7-17)34(31,32)27-13-12-26-22-25-11-10-19(28-22)21-20(16-4-2-1-3-5-16)29-23-30(21)14-15-33-23/h1-11,14-15,27H,12-13H2,(H,25,26,28). The molecule has 8 nitrogen and oxygen atoms in total. The van der Waals surface area contributed by atoms with Crippen LogP contribution in [0.2, 0.25) is 0 Å². The quantitative estimate of drug-likeness (QED) is 0.316. The van der Waals surface area contributed by atoms with Gasteiger partial charge in [0.25, 0.3) is 0 Å². The molecule has 0 aliphatic carbocycles. The van der Waals surface area contributed by atoms with Gasteiger partial charge in [0.15, 0.2) is 4.96 Å². The van der Waals surface area contributed by atoms with Crippen molar-refractivity contribution in [1.29, 1.82) is 0 Å². The molecule has 11 heteroatoms. The third kappa shape index (κ3) is 4.53. The normalized spacial score (nSPS) is 11.7. The Balaban J connectivity index is 1.33. The van der Waals surface area contributed by atoms with Gasteiger partial charge in [-0.1, -0.05) is 30.3 Å². The van der Waals surface area contributed by atoms with E-state index in [1.54, 1.807) is 17.5 Å². The summed E-state index contributed by atoms with van der Waals surface area (Å²) < 4.78 is 42.2. The van der Waals surface area contributed by atoms with Gasteiger partial charge in [0.2, 0.25) is 16.0 Å². The van der Waals surface area contributed by atoms with Crippen molar-refractivity contribution in [2.45, 2.75) is 4.90 Å². The lowest BCUT2D eigenvalue weighted by Crippen LogP contribution is -2.29. The fourth-order valence-electron chi connectivity index (χ4n) is 3.46. The summed E-state index contributed by atoms with van der Waals surface area (Å²) in [7, 11) is -3.74. The number of fused-ring (bicyclic) bond motifs is 1. The number of thiazole rings is 1. The molecule has 0 radical (unpaired) electrons. The Bertz CT molecular complexity index is 1530. The van der Waals surface area contributed by atoms with E-state index in [9.17, 15) is 12.8 Å². The minimum Gasteiger partial charge on any atom is -0.353 e. The number of hydrogen-bond donors (Lipinski definition) is 2. The number of nitrogens with one attached hydrogen (secondary N) is 2. The van der Waals surface area contributed by atoms with Gasteiger partial charge in [-0.25, -0.2) is 32.5 Å². The molecule has 0 amide bonds. The van der Waals surface area contributed by atoms with Gasteiger partial charge in [0.05, 0.1) is 16.3 Å². The average Bonchev–Trinajstić information content (AvgIpc) is 3.44. The zero-order chi connectivity index (χ0) is 23.5. The number of hydrogen-bond acceptors (Lipinski definition) is 7. The van der Waals surface area contributed by atoms with Crippen LogP contribution in [-0.4, -0.2) is 40.9 Å². The van der Waals surface area contributed by atoms with Crippen molar-refractivity contribution < 1.29 is 12.8 Å². The Hall–Kier alpha value is -3.67. The smallest absolute Gasteiger partial charge is 0.240 e. The van der Waals surface area contributed by atoms with Crippen molar-refractivity contribution in [2.24, 2.45) is 0 Å². The first-order valence-corrected chi connectivity index (χ1v) is 12.7. The highest BCUT2D eigenvalue weighted by Crippen LogP contribution is 2.33. The molecule has 2 N–H and O–H groups in total. The number of anilines is 1. The molecule has 2 aromatic carbocycles. The lowest BCUT2D eigenvalue weighted by Gasteiger charge is -2.09. The van der Waals surface area contributed by atoms with Gasteiger partial charge in [0.1, 0.15) is 11.5 Å². The lowest BCUT2D eigenvalue weighted by molar-refractivity contribution is 0.582. The van der Waals surface area contributed by atoms with Gasteiger partial charge in [0, 0.05) is 36.4 Å². The van der Waals surface area contributed by atoms with Crippen molar-refractivity contribution in [2.75, 3.05) is 18.4 Å². The fraction of sp³-hybridized carbons (Fsp3) is 0.0870. The minimum atomic E-state index is -3.74. The largest absolute Gasteiger partial charge is 0.353 e. The zero-order valence-electron chi connectivity index (χ0n) is 17.7. The van der Waals surface area contributed by atoms with E-state index in [0.29, 0.717) is 11.6 Å². The first kappa shape index (κ1) is 22.1. The molecule has 0 saturated heterocycles. The molecule has 5 aromatic rings. The number of rotatable bonds is 8. The molecular weight excluding hydrogens is 475 g/mol. The second-order valence-electron chi connectivity index (χ2n) is 7.27. The molecule has 5 rings (SSSR count). The fourth-order valence-corrected chi connectivity index (χ4v) is 5.21. The maximum absolute atomic E-state index is 13.0. The molecule has 0 spiro atoms. The maximum Gasteiger partial charge on any atom is 0.240 e. The number of halogens is 1. The Kier molecular flexibility index (Phi) is 6.05. The summed E-state index contributed by atoms with van der Waals surface area (Å²) >= 11 is 1.54. The predicted molar refractivity (Wildman–Crippen MR) is 130 cm³/mol. The highest BCUT2D eigenvalue weighted by molar-refractivity contribution is 7.89. The second kappa shape index (κ2) is 9.29. The first-order chi connectivity index (χ1) is 16.5. The molecule has 0 bridgehead atoms. The molecule has 172 valence electrons. The first-order valence-electron chi connectivity index (χ1n) is 10.3. The summed E-state index contributed by atoms with van der Waals surface area (Å²) in [6.07, 6.45) is 3.60. The second-order valence-corrected chi connectivity index (χ2v) is 9.91. The Morgan fingerprint density at radius 2 is 1.76 bits per heavy atom. The van der Waals surface area contributed by atoms with Gasteiger partial charge in [-0.2, -0.15) is 0 Å². The van der Waals surface area contributed by atoms with E-state index in [4.69, 9.17) is 4.98 Å². The van der Waals surface area contributed by atoms with Crippen LogP contribution < -0.4 is 10.0 Å². The van der Waals surface area contributed by atoms with E-state index in [1.807, 2.05) is 52.4 Å². The molecule has 3 heterocycles. The highest BCUT2D eigenvalue weighted by Gasteiger charge is 2.18. The summed E-state index contributed by atoms with van der Waals surface area (Å²) in [4.78, 5) is 14.5. The monoisotopic (exact) mass is 494 g/mol. The van der Waals surface area contributed by atoms with Crippen LogP contribution in [-0.2, 0) is 10.0 Å². The molecule has 0 unspecified atom stereocenters. The lowest BCUT2D eigenvalue weighted by atomic mass is 10.1. The third-order valence-electron chi connectivity index (χ3n) is 5.03. The Labute approximate surface area is 199 Å². The van der Waals surface area contributed by atoms with E-state index in [1.165, 1.54) is 12.1 Å². The van der Waals surface area contributed by atoms with E-state index < -0.39 is 15.8 Å². The van der Waals surface area contributed by atoms with E-state index in [2.05, 4.69) is 20.0 Å². The van der Waals surface area contributed by atoms with Crippen molar-refractivity contribution in [3.05, 3.63) is 84.3 Å². The van der Waals surface area contributed by atoms with Gasteiger partial charge in [-0.15, -0.1) is 11.3 Å². The van der Waals surface area contributed by atoms with Crippen LogP contribution in [0.3, 0.4) is 0 Å². The topological polar surface area (TPSA) is 101 Å². The number of nitrogens with zero attached hydrogens (tertiary/aromatic N) is 4. The third-order valence-corrected chi connectivity index (χ3v) is 7.27. The summed E-state index contributed by atoms with van der Waals surface area (Å²) in [5.74, 6) is -0.131.